The Morgan fingerprint density at radius 2 is 1.74 bits per heavy atom. The van der Waals surface area contributed by atoms with Crippen LogP contribution in [0.4, 0.5) is 0 Å². The van der Waals surface area contributed by atoms with Crippen molar-refractivity contribution in [1.29, 1.82) is 5.41 Å². The molecule has 0 radical (unpaired) electrons. The smallest absolute Gasteiger partial charge is 0.243 e. The van der Waals surface area contributed by atoms with Gasteiger partial charge in [0.1, 0.15) is 0 Å². The van der Waals surface area contributed by atoms with E-state index in [-0.39, 0.29) is 35.6 Å². The van der Waals surface area contributed by atoms with Crippen molar-refractivity contribution in [3.63, 3.8) is 0 Å². The number of carbonyl (C=O) groups is 1. The van der Waals surface area contributed by atoms with E-state index in [1.165, 1.54) is 4.31 Å². The normalized spacial score (nSPS) is 23.3. The molecule has 2 aromatic carbocycles. The second-order valence-corrected chi connectivity index (χ2v) is 10.9. The van der Waals surface area contributed by atoms with Gasteiger partial charge in [-0.3, -0.25) is 10.2 Å². The highest BCUT2D eigenvalue weighted by atomic mass is 35.5. The lowest BCUT2D eigenvalue weighted by Crippen LogP contribution is -2.53. The fraction of sp³-hybridized carbons (Fsp3) is 0.455. The van der Waals surface area contributed by atoms with Gasteiger partial charge in [0.2, 0.25) is 15.9 Å². The summed E-state index contributed by atoms with van der Waals surface area (Å²) in [6.07, 6.45) is 3.65. The van der Waals surface area contributed by atoms with E-state index >= 15 is 0 Å². The zero-order valence-electron chi connectivity index (χ0n) is 17.3. The van der Waals surface area contributed by atoms with Crippen molar-refractivity contribution in [2.45, 2.75) is 30.6 Å². The second kappa shape index (κ2) is 8.76. The number of rotatable bonds is 5. The first-order valence-electron chi connectivity index (χ1n) is 10.5. The minimum atomic E-state index is -3.75. The number of amides is 1. The first kappa shape index (κ1) is 22.0. The number of halogens is 1. The molecule has 31 heavy (non-hydrogen) atoms. The first-order valence-corrected chi connectivity index (χ1v) is 12.4. The van der Waals surface area contributed by atoms with E-state index in [1.807, 2.05) is 0 Å². The molecule has 2 fully saturated rings. The molecule has 1 saturated carbocycles. The van der Waals surface area contributed by atoms with Crippen molar-refractivity contribution >= 4 is 44.1 Å². The number of piperazine rings is 1. The minimum Gasteiger partial charge on any atom is -0.387 e. The van der Waals surface area contributed by atoms with Gasteiger partial charge in [0.05, 0.1) is 17.3 Å². The monoisotopic (exact) mass is 462 g/mol. The van der Waals surface area contributed by atoms with Crippen LogP contribution in [-0.4, -0.2) is 55.5 Å². The molecule has 2 aromatic rings. The highest BCUT2D eigenvalue weighted by Crippen LogP contribution is 2.30. The summed E-state index contributed by atoms with van der Waals surface area (Å²) >= 11 is 6.01. The van der Waals surface area contributed by atoms with Crippen LogP contribution in [0.5, 0.6) is 0 Å². The molecular formula is C22H27ClN4O3S. The average molecular weight is 463 g/mol. The maximum Gasteiger partial charge on any atom is 0.243 e. The highest BCUT2D eigenvalue weighted by molar-refractivity contribution is 7.89. The summed E-state index contributed by atoms with van der Waals surface area (Å²) in [6.45, 7) is 1.20. The zero-order chi connectivity index (χ0) is 22.2. The van der Waals surface area contributed by atoms with E-state index in [4.69, 9.17) is 22.7 Å². The maximum atomic E-state index is 13.1. The van der Waals surface area contributed by atoms with Crippen LogP contribution in [0.3, 0.4) is 0 Å². The topological polar surface area (TPSA) is 108 Å². The number of sulfonamides is 1. The van der Waals surface area contributed by atoms with Crippen molar-refractivity contribution in [2.75, 3.05) is 26.2 Å². The number of hydrogen-bond acceptors (Lipinski definition) is 4. The van der Waals surface area contributed by atoms with Gasteiger partial charge in [-0.1, -0.05) is 23.7 Å². The van der Waals surface area contributed by atoms with Gasteiger partial charge in [0.25, 0.3) is 0 Å². The number of hydrogen-bond donors (Lipinski definition) is 2. The maximum absolute atomic E-state index is 13.1. The molecule has 1 aliphatic heterocycles. The van der Waals surface area contributed by atoms with Crippen molar-refractivity contribution in [3.05, 3.63) is 41.4 Å². The van der Waals surface area contributed by atoms with Crippen LogP contribution < -0.4 is 5.73 Å². The average Bonchev–Trinajstić information content (AvgIpc) is 2.75. The third kappa shape index (κ3) is 4.71. The number of amidine groups is 1. The third-order valence-corrected chi connectivity index (χ3v) is 8.54. The van der Waals surface area contributed by atoms with Crippen LogP contribution in [0.15, 0.2) is 41.3 Å². The molecule has 0 unspecified atom stereocenters. The van der Waals surface area contributed by atoms with Crippen LogP contribution in [0.2, 0.25) is 5.02 Å². The molecule has 4 rings (SSSR count). The van der Waals surface area contributed by atoms with Crippen LogP contribution in [0, 0.1) is 17.2 Å². The highest BCUT2D eigenvalue weighted by Gasteiger charge is 2.34. The molecule has 2 aliphatic rings. The summed E-state index contributed by atoms with van der Waals surface area (Å²) in [6, 6.07) is 10.2. The van der Waals surface area contributed by atoms with Gasteiger partial charge in [0, 0.05) is 30.6 Å². The van der Waals surface area contributed by atoms with E-state index in [1.54, 1.807) is 41.3 Å². The molecule has 0 spiro atoms. The molecule has 0 aromatic heterocycles. The van der Waals surface area contributed by atoms with Crippen LogP contribution in [0.1, 0.15) is 25.7 Å². The zero-order valence-corrected chi connectivity index (χ0v) is 18.8. The van der Waals surface area contributed by atoms with Gasteiger partial charge in [-0.05, 0) is 66.6 Å². The molecule has 1 amide bonds. The Morgan fingerprint density at radius 3 is 2.42 bits per heavy atom. The van der Waals surface area contributed by atoms with E-state index in [0.29, 0.717) is 24.0 Å². The summed E-state index contributed by atoms with van der Waals surface area (Å²) in [4.78, 5) is 14.7. The predicted molar refractivity (Wildman–Crippen MR) is 122 cm³/mol. The Morgan fingerprint density at radius 1 is 1.06 bits per heavy atom. The Kier molecular flexibility index (Phi) is 6.23. The van der Waals surface area contributed by atoms with Gasteiger partial charge in [0.15, 0.2) is 0 Å². The summed E-state index contributed by atoms with van der Waals surface area (Å²) < 4.78 is 27.5. The minimum absolute atomic E-state index is 0.135. The molecular weight excluding hydrogens is 436 g/mol. The molecule has 166 valence electrons. The number of nitrogens with zero attached hydrogens (tertiary/aromatic N) is 2. The lowest BCUT2D eigenvalue weighted by molar-refractivity contribution is -0.134. The Hall–Kier alpha value is -2.16. The van der Waals surface area contributed by atoms with E-state index in [9.17, 15) is 13.2 Å². The largest absolute Gasteiger partial charge is 0.387 e. The van der Waals surface area contributed by atoms with Gasteiger partial charge in [-0.2, -0.15) is 4.31 Å². The molecule has 0 bridgehead atoms. The lowest BCUT2D eigenvalue weighted by atomic mass is 9.81. The summed E-state index contributed by atoms with van der Waals surface area (Å²) in [7, 11) is -3.75. The molecule has 3 N–H and O–H groups in total. The molecule has 1 aliphatic carbocycles. The van der Waals surface area contributed by atoms with Gasteiger partial charge >= 0.3 is 0 Å². The van der Waals surface area contributed by atoms with Crippen molar-refractivity contribution in [2.24, 2.45) is 17.6 Å². The van der Waals surface area contributed by atoms with Crippen molar-refractivity contribution in [1.82, 2.24) is 9.21 Å². The quantitative estimate of drug-likeness (QED) is 0.525. The standard InChI is InChI=1S/C22H27ClN4O3S/c23-19-7-5-18-12-20(8-6-17(18)11-19)31(29,30)27-10-9-26(21(28)14-27)13-15-1-3-16(4-2-15)22(24)25/h5-8,11-12,15-16H,1-4,9-10,13-14H2,(H3,24,25). The van der Waals surface area contributed by atoms with E-state index in [0.717, 1.165) is 36.5 Å². The van der Waals surface area contributed by atoms with Crippen LogP contribution >= 0.6 is 11.6 Å². The number of benzene rings is 2. The van der Waals surface area contributed by atoms with Gasteiger partial charge in [-0.25, -0.2) is 8.42 Å². The molecule has 1 heterocycles. The van der Waals surface area contributed by atoms with Gasteiger partial charge in [-0.15, -0.1) is 0 Å². The number of carbonyl (C=O) groups excluding carboxylic acids is 1. The summed E-state index contributed by atoms with van der Waals surface area (Å²) in [5.74, 6) is 0.642. The Balaban J connectivity index is 1.40. The van der Waals surface area contributed by atoms with E-state index < -0.39 is 10.0 Å². The SMILES string of the molecule is N=C(N)C1CCC(CN2CCN(S(=O)(=O)c3ccc4cc(Cl)ccc4c3)CC2=O)CC1. The summed E-state index contributed by atoms with van der Waals surface area (Å²) in [5.41, 5.74) is 5.61. The predicted octanol–water partition coefficient (Wildman–Crippen LogP) is 3.07. The fourth-order valence-corrected chi connectivity index (χ4v) is 6.15. The third-order valence-electron chi connectivity index (χ3n) is 6.46. The number of nitrogens with one attached hydrogen (secondary N) is 1. The Bertz CT molecular complexity index is 1110. The molecule has 1 saturated heterocycles. The van der Waals surface area contributed by atoms with Crippen LogP contribution in [0.25, 0.3) is 10.8 Å². The van der Waals surface area contributed by atoms with Crippen LogP contribution in [-0.2, 0) is 14.8 Å². The van der Waals surface area contributed by atoms with Crippen molar-refractivity contribution < 1.29 is 13.2 Å². The number of nitrogens with two attached hydrogens (primary N) is 1. The van der Waals surface area contributed by atoms with Gasteiger partial charge < -0.3 is 10.6 Å². The first-order chi connectivity index (χ1) is 14.7. The Labute approximate surface area is 187 Å². The fourth-order valence-electron chi connectivity index (χ4n) is 4.56. The molecule has 7 nitrogen and oxygen atoms in total. The van der Waals surface area contributed by atoms with E-state index in [2.05, 4.69) is 0 Å². The molecule has 9 heteroatoms. The molecule has 0 atom stereocenters. The second-order valence-electron chi connectivity index (χ2n) is 8.50. The lowest BCUT2D eigenvalue weighted by Gasteiger charge is -2.37. The number of fused-ring (bicyclic) bond motifs is 1. The van der Waals surface area contributed by atoms with Crippen molar-refractivity contribution in [3.8, 4) is 0 Å². The summed E-state index contributed by atoms with van der Waals surface area (Å²) in [5, 5.41) is 9.84.